The van der Waals surface area contributed by atoms with Crippen LogP contribution < -0.4 is 10.1 Å². The van der Waals surface area contributed by atoms with Crippen LogP contribution in [0.4, 0.5) is 0 Å². The van der Waals surface area contributed by atoms with Gasteiger partial charge in [0.25, 0.3) is 0 Å². The van der Waals surface area contributed by atoms with Crippen LogP contribution in [-0.4, -0.2) is 19.6 Å². The lowest BCUT2D eigenvalue weighted by Crippen LogP contribution is -2.19. The predicted molar refractivity (Wildman–Crippen MR) is 60.7 cm³/mol. The van der Waals surface area contributed by atoms with E-state index < -0.39 is 0 Å². The van der Waals surface area contributed by atoms with Crippen LogP contribution in [0.1, 0.15) is 12.5 Å². The highest BCUT2D eigenvalue weighted by atomic mass is 16.5. The summed E-state index contributed by atoms with van der Waals surface area (Å²) in [6, 6.07) is 7.74. The van der Waals surface area contributed by atoms with E-state index in [1.54, 1.807) is 7.11 Å². The Hall–Kier alpha value is -1.77. The first-order valence-electron chi connectivity index (χ1n) is 4.77. The van der Waals surface area contributed by atoms with Crippen molar-refractivity contribution in [1.82, 2.24) is 5.32 Å². The molecule has 0 atom stereocenters. The number of methoxy groups -OCH3 is 1. The van der Waals surface area contributed by atoms with E-state index in [1.807, 2.05) is 36.4 Å². The number of benzene rings is 1. The van der Waals surface area contributed by atoms with Crippen LogP contribution >= 0.6 is 0 Å². The van der Waals surface area contributed by atoms with Crippen LogP contribution in [0.2, 0.25) is 0 Å². The van der Waals surface area contributed by atoms with Crippen molar-refractivity contribution in [2.75, 3.05) is 13.7 Å². The Labute approximate surface area is 89.8 Å². The van der Waals surface area contributed by atoms with Gasteiger partial charge in [-0.25, -0.2) is 0 Å². The van der Waals surface area contributed by atoms with Gasteiger partial charge in [0.05, 0.1) is 7.11 Å². The number of nitrogens with one attached hydrogen (secondary N) is 1. The SMILES string of the molecule is COc1cccc(C=CCNC(C)=O)c1. The summed E-state index contributed by atoms with van der Waals surface area (Å²) in [7, 11) is 1.64. The van der Waals surface area contributed by atoms with Crippen molar-refractivity contribution in [2.24, 2.45) is 0 Å². The fourth-order valence-corrected chi connectivity index (χ4v) is 1.14. The summed E-state index contributed by atoms with van der Waals surface area (Å²) in [6.45, 7) is 2.05. The van der Waals surface area contributed by atoms with E-state index in [2.05, 4.69) is 5.32 Å². The summed E-state index contributed by atoms with van der Waals surface area (Å²) >= 11 is 0. The summed E-state index contributed by atoms with van der Waals surface area (Å²) < 4.78 is 5.10. The topological polar surface area (TPSA) is 38.3 Å². The van der Waals surface area contributed by atoms with Gasteiger partial charge < -0.3 is 10.1 Å². The minimum absolute atomic E-state index is 0.0229. The number of hydrogen-bond donors (Lipinski definition) is 1. The summed E-state index contributed by atoms with van der Waals surface area (Å²) in [6.07, 6.45) is 3.84. The summed E-state index contributed by atoms with van der Waals surface area (Å²) in [5.41, 5.74) is 1.06. The number of rotatable bonds is 4. The highest BCUT2D eigenvalue weighted by Crippen LogP contribution is 2.13. The van der Waals surface area contributed by atoms with Gasteiger partial charge in [-0.3, -0.25) is 4.79 Å². The second-order valence-electron chi connectivity index (χ2n) is 3.12. The second-order valence-corrected chi connectivity index (χ2v) is 3.12. The fraction of sp³-hybridized carbons (Fsp3) is 0.250. The first kappa shape index (κ1) is 11.3. The molecule has 15 heavy (non-hydrogen) atoms. The fourth-order valence-electron chi connectivity index (χ4n) is 1.14. The molecular weight excluding hydrogens is 190 g/mol. The Morgan fingerprint density at radius 2 is 2.33 bits per heavy atom. The largest absolute Gasteiger partial charge is 0.497 e. The van der Waals surface area contributed by atoms with Gasteiger partial charge in [-0.2, -0.15) is 0 Å². The maximum atomic E-state index is 10.6. The molecule has 1 aromatic carbocycles. The van der Waals surface area contributed by atoms with E-state index in [-0.39, 0.29) is 5.91 Å². The molecule has 0 bridgehead atoms. The molecule has 3 nitrogen and oxygen atoms in total. The van der Waals surface area contributed by atoms with E-state index >= 15 is 0 Å². The standard InChI is InChI=1S/C12H15NO2/c1-10(14)13-8-4-6-11-5-3-7-12(9-11)15-2/h3-7,9H,8H2,1-2H3,(H,13,14). The number of hydrogen-bond acceptors (Lipinski definition) is 2. The molecule has 0 aliphatic rings. The molecule has 0 radical (unpaired) electrons. The van der Waals surface area contributed by atoms with Gasteiger partial charge >= 0.3 is 0 Å². The highest BCUT2D eigenvalue weighted by Gasteiger charge is 1.91. The molecule has 0 aromatic heterocycles. The van der Waals surface area contributed by atoms with Crippen LogP contribution in [-0.2, 0) is 4.79 Å². The normalized spacial score (nSPS) is 10.3. The molecular formula is C12H15NO2. The lowest BCUT2D eigenvalue weighted by atomic mass is 10.2. The zero-order valence-electron chi connectivity index (χ0n) is 8.99. The Bertz CT molecular complexity index is 358. The highest BCUT2D eigenvalue weighted by molar-refractivity contribution is 5.73. The van der Waals surface area contributed by atoms with Gasteiger partial charge in [0.15, 0.2) is 0 Å². The van der Waals surface area contributed by atoms with Crippen LogP contribution in [0.3, 0.4) is 0 Å². The van der Waals surface area contributed by atoms with Gasteiger partial charge in [-0.15, -0.1) is 0 Å². The zero-order chi connectivity index (χ0) is 11.1. The lowest BCUT2D eigenvalue weighted by molar-refractivity contribution is -0.118. The van der Waals surface area contributed by atoms with E-state index in [0.717, 1.165) is 11.3 Å². The quantitative estimate of drug-likeness (QED) is 0.814. The first-order valence-corrected chi connectivity index (χ1v) is 4.77. The molecule has 0 aliphatic carbocycles. The van der Waals surface area contributed by atoms with Gasteiger partial charge in [-0.05, 0) is 17.7 Å². The van der Waals surface area contributed by atoms with E-state index in [4.69, 9.17) is 4.74 Å². The molecule has 80 valence electrons. The van der Waals surface area contributed by atoms with E-state index in [9.17, 15) is 4.79 Å². The van der Waals surface area contributed by atoms with Gasteiger partial charge in [-0.1, -0.05) is 24.3 Å². The smallest absolute Gasteiger partial charge is 0.217 e. The zero-order valence-corrected chi connectivity index (χ0v) is 8.99. The molecule has 1 amide bonds. The molecule has 0 fully saturated rings. The van der Waals surface area contributed by atoms with E-state index in [0.29, 0.717) is 6.54 Å². The lowest BCUT2D eigenvalue weighted by Gasteiger charge is -2.00. The molecule has 1 rings (SSSR count). The van der Waals surface area contributed by atoms with Crippen LogP contribution in [0, 0.1) is 0 Å². The maximum absolute atomic E-state index is 10.6. The van der Waals surface area contributed by atoms with Gasteiger partial charge in [0.2, 0.25) is 5.91 Å². The predicted octanol–water partition coefficient (Wildman–Crippen LogP) is 1.84. The van der Waals surface area contributed by atoms with Crippen molar-refractivity contribution >= 4 is 12.0 Å². The third-order valence-corrected chi connectivity index (χ3v) is 1.87. The Morgan fingerprint density at radius 3 is 3.00 bits per heavy atom. The molecule has 0 spiro atoms. The minimum atomic E-state index is -0.0229. The number of amides is 1. The minimum Gasteiger partial charge on any atom is -0.497 e. The van der Waals surface area contributed by atoms with Crippen LogP contribution in [0.5, 0.6) is 5.75 Å². The summed E-state index contributed by atoms with van der Waals surface area (Å²) in [5.74, 6) is 0.807. The number of carbonyl (C=O) groups is 1. The van der Waals surface area contributed by atoms with Crippen molar-refractivity contribution in [3.63, 3.8) is 0 Å². The van der Waals surface area contributed by atoms with Gasteiger partial charge in [0.1, 0.15) is 5.75 Å². The third kappa shape index (κ3) is 4.31. The van der Waals surface area contributed by atoms with Crippen molar-refractivity contribution in [2.45, 2.75) is 6.92 Å². The molecule has 0 unspecified atom stereocenters. The molecule has 0 heterocycles. The maximum Gasteiger partial charge on any atom is 0.217 e. The molecule has 1 N–H and O–H groups in total. The van der Waals surface area contributed by atoms with Gasteiger partial charge in [0, 0.05) is 13.5 Å². The second kappa shape index (κ2) is 5.86. The Balaban J connectivity index is 2.52. The Kier molecular flexibility index (Phi) is 4.41. The number of ether oxygens (including phenoxy) is 1. The van der Waals surface area contributed by atoms with Crippen LogP contribution in [0.15, 0.2) is 30.3 Å². The number of carbonyl (C=O) groups excluding carboxylic acids is 1. The first-order chi connectivity index (χ1) is 7.22. The van der Waals surface area contributed by atoms with E-state index in [1.165, 1.54) is 6.92 Å². The molecule has 0 saturated heterocycles. The van der Waals surface area contributed by atoms with Crippen LogP contribution in [0.25, 0.3) is 6.08 Å². The van der Waals surface area contributed by atoms with Crippen molar-refractivity contribution in [3.05, 3.63) is 35.9 Å². The molecule has 1 aromatic rings. The molecule has 0 saturated carbocycles. The molecule has 3 heteroatoms. The molecule has 0 aliphatic heterocycles. The van der Waals surface area contributed by atoms with Crippen molar-refractivity contribution < 1.29 is 9.53 Å². The summed E-state index contributed by atoms with van der Waals surface area (Å²) in [4.78, 5) is 10.6. The average Bonchev–Trinajstić information content (AvgIpc) is 2.24. The monoisotopic (exact) mass is 205 g/mol. The summed E-state index contributed by atoms with van der Waals surface area (Å²) in [5, 5.41) is 2.69. The Morgan fingerprint density at radius 1 is 1.53 bits per heavy atom. The third-order valence-electron chi connectivity index (χ3n) is 1.87. The van der Waals surface area contributed by atoms with Crippen molar-refractivity contribution in [3.8, 4) is 5.75 Å². The average molecular weight is 205 g/mol. The van der Waals surface area contributed by atoms with Crippen molar-refractivity contribution in [1.29, 1.82) is 0 Å².